The maximum atomic E-state index is 3.55. The molecule has 1 fully saturated rings. The Morgan fingerprint density at radius 3 is 2.07 bits per heavy atom. The first kappa shape index (κ1) is 13.0. The Bertz CT molecular complexity index is 145. The minimum Gasteiger partial charge on any atom is -0.317 e. The lowest BCUT2D eigenvalue weighted by atomic mass is 9.87. The molecule has 0 saturated heterocycles. The summed E-state index contributed by atoms with van der Waals surface area (Å²) >= 11 is 0. The number of rotatable bonds is 5. The van der Waals surface area contributed by atoms with Crippen LogP contribution in [0.5, 0.6) is 0 Å². The van der Waals surface area contributed by atoms with E-state index in [0.29, 0.717) is 0 Å². The van der Waals surface area contributed by atoms with Crippen molar-refractivity contribution in [3.63, 3.8) is 0 Å². The van der Waals surface area contributed by atoms with Gasteiger partial charge < -0.3 is 5.32 Å². The van der Waals surface area contributed by atoms with Crippen molar-refractivity contribution in [2.75, 3.05) is 7.05 Å². The fourth-order valence-electron chi connectivity index (χ4n) is 2.84. The fraction of sp³-hybridized carbons (Fsp3) is 1.00. The molecule has 0 amide bonds. The van der Waals surface area contributed by atoms with Gasteiger partial charge in [0.2, 0.25) is 0 Å². The Hall–Kier alpha value is -0.0400. The molecule has 0 heterocycles. The Morgan fingerprint density at radius 2 is 1.60 bits per heavy atom. The predicted molar refractivity (Wildman–Crippen MR) is 68.1 cm³/mol. The molecule has 0 radical (unpaired) electrons. The van der Waals surface area contributed by atoms with Gasteiger partial charge in [-0.2, -0.15) is 0 Å². The van der Waals surface area contributed by atoms with Crippen molar-refractivity contribution in [3.05, 3.63) is 0 Å². The monoisotopic (exact) mass is 211 g/mol. The maximum absolute atomic E-state index is 3.55. The van der Waals surface area contributed by atoms with Crippen molar-refractivity contribution >= 4 is 0 Å². The maximum Gasteiger partial charge on any atom is 0.00924 e. The summed E-state index contributed by atoms with van der Waals surface area (Å²) in [6.45, 7) is 4.67. The van der Waals surface area contributed by atoms with Crippen molar-refractivity contribution in [1.29, 1.82) is 0 Å². The van der Waals surface area contributed by atoms with E-state index in [0.717, 1.165) is 17.9 Å². The normalized spacial score (nSPS) is 21.6. The second kappa shape index (κ2) is 7.27. The van der Waals surface area contributed by atoms with E-state index in [9.17, 15) is 0 Å². The van der Waals surface area contributed by atoms with Gasteiger partial charge in [0.15, 0.2) is 0 Å². The molecule has 0 aromatic carbocycles. The summed E-state index contributed by atoms with van der Waals surface area (Å²) in [6.07, 6.45) is 11.5. The summed E-state index contributed by atoms with van der Waals surface area (Å²) in [5.74, 6) is 1.81. The van der Waals surface area contributed by atoms with Gasteiger partial charge in [0.1, 0.15) is 0 Å². The standard InChI is InChI=1S/C14H29N/c1-12(2)10-11-14(15-3)13-8-6-4-5-7-9-13/h12-15H,4-11H2,1-3H3. The van der Waals surface area contributed by atoms with Gasteiger partial charge in [-0.05, 0) is 44.6 Å². The van der Waals surface area contributed by atoms with Gasteiger partial charge in [-0.15, -0.1) is 0 Å². The first-order chi connectivity index (χ1) is 7.24. The van der Waals surface area contributed by atoms with E-state index in [2.05, 4.69) is 26.2 Å². The zero-order valence-corrected chi connectivity index (χ0v) is 10.9. The second-order valence-electron chi connectivity index (χ2n) is 5.62. The largest absolute Gasteiger partial charge is 0.317 e. The topological polar surface area (TPSA) is 12.0 Å². The van der Waals surface area contributed by atoms with Gasteiger partial charge in [0, 0.05) is 6.04 Å². The summed E-state index contributed by atoms with van der Waals surface area (Å²) in [4.78, 5) is 0. The molecular formula is C14H29N. The van der Waals surface area contributed by atoms with Crippen LogP contribution in [0.15, 0.2) is 0 Å². The van der Waals surface area contributed by atoms with Crippen molar-refractivity contribution in [2.24, 2.45) is 11.8 Å². The van der Waals surface area contributed by atoms with Crippen LogP contribution in [0.3, 0.4) is 0 Å². The zero-order valence-electron chi connectivity index (χ0n) is 10.9. The Balaban J connectivity index is 2.34. The van der Waals surface area contributed by atoms with Crippen LogP contribution < -0.4 is 5.32 Å². The average molecular weight is 211 g/mol. The average Bonchev–Trinajstić information content (AvgIpc) is 2.47. The predicted octanol–water partition coefficient (Wildman–Crippen LogP) is 3.98. The van der Waals surface area contributed by atoms with Crippen LogP contribution in [-0.4, -0.2) is 13.1 Å². The van der Waals surface area contributed by atoms with E-state index in [1.165, 1.54) is 51.4 Å². The first-order valence-corrected chi connectivity index (χ1v) is 6.91. The summed E-state index contributed by atoms with van der Waals surface area (Å²) in [6, 6.07) is 0.783. The van der Waals surface area contributed by atoms with E-state index >= 15 is 0 Å². The Kier molecular flexibility index (Phi) is 6.31. The molecule has 1 rings (SSSR count). The van der Waals surface area contributed by atoms with Gasteiger partial charge in [-0.25, -0.2) is 0 Å². The molecule has 15 heavy (non-hydrogen) atoms. The van der Waals surface area contributed by atoms with Crippen molar-refractivity contribution in [2.45, 2.75) is 71.3 Å². The summed E-state index contributed by atoms with van der Waals surface area (Å²) in [7, 11) is 2.15. The van der Waals surface area contributed by atoms with Crippen LogP contribution in [0.25, 0.3) is 0 Å². The highest BCUT2D eigenvalue weighted by Crippen LogP contribution is 2.27. The van der Waals surface area contributed by atoms with E-state index < -0.39 is 0 Å². The lowest BCUT2D eigenvalue weighted by Crippen LogP contribution is -2.33. The SMILES string of the molecule is CNC(CCC(C)C)C1CCCCCC1. The molecule has 1 aliphatic rings. The van der Waals surface area contributed by atoms with Crippen LogP contribution in [-0.2, 0) is 0 Å². The summed E-state index contributed by atoms with van der Waals surface area (Å²) in [5, 5.41) is 3.55. The van der Waals surface area contributed by atoms with Crippen molar-refractivity contribution in [3.8, 4) is 0 Å². The molecule has 0 aromatic heterocycles. The summed E-state index contributed by atoms with van der Waals surface area (Å²) < 4.78 is 0. The van der Waals surface area contributed by atoms with Crippen LogP contribution in [0.1, 0.15) is 65.2 Å². The molecule has 1 saturated carbocycles. The number of hydrogen-bond acceptors (Lipinski definition) is 1. The van der Waals surface area contributed by atoms with Crippen LogP contribution in [0.2, 0.25) is 0 Å². The van der Waals surface area contributed by atoms with Gasteiger partial charge in [-0.1, -0.05) is 39.5 Å². The third-order valence-corrected chi connectivity index (χ3v) is 3.89. The molecule has 0 aliphatic heterocycles. The minimum absolute atomic E-state index is 0.783. The van der Waals surface area contributed by atoms with Gasteiger partial charge in [-0.3, -0.25) is 0 Å². The van der Waals surface area contributed by atoms with Gasteiger partial charge >= 0.3 is 0 Å². The Labute approximate surface area is 96.0 Å². The Morgan fingerprint density at radius 1 is 1.00 bits per heavy atom. The molecular weight excluding hydrogens is 182 g/mol. The lowest BCUT2D eigenvalue weighted by Gasteiger charge is -2.26. The van der Waals surface area contributed by atoms with Crippen molar-refractivity contribution < 1.29 is 0 Å². The van der Waals surface area contributed by atoms with Crippen LogP contribution >= 0.6 is 0 Å². The fourth-order valence-corrected chi connectivity index (χ4v) is 2.84. The molecule has 1 aliphatic carbocycles. The van der Waals surface area contributed by atoms with E-state index in [4.69, 9.17) is 0 Å². The molecule has 0 bridgehead atoms. The van der Waals surface area contributed by atoms with Crippen LogP contribution in [0.4, 0.5) is 0 Å². The third-order valence-electron chi connectivity index (χ3n) is 3.89. The first-order valence-electron chi connectivity index (χ1n) is 6.91. The zero-order chi connectivity index (χ0) is 11.1. The molecule has 1 atom stereocenters. The highest BCUT2D eigenvalue weighted by molar-refractivity contribution is 4.77. The van der Waals surface area contributed by atoms with Gasteiger partial charge in [0.05, 0.1) is 0 Å². The van der Waals surface area contributed by atoms with Crippen molar-refractivity contribution in [1.82, 2.24) is 5.32 Å². The molecule has 1 heteroatoms. The molecule has 1 nitrogen and oxygen atoms in total. The highest BCUT2D eigenvalue weighted by Gasteiger charge is 2.21. The minimum atomic E-state index is 0.783. The van der Waals surface area contributed by atoms with E-state index in [1.807, 2.05) is 0 Å². The molecule has 0 spiro atoms. The van der Waals surface area contributed by atoms with E-state index in [-0.39, 0.29) is 0 Å². The van der Waals surface area contributed by atoms with E-state index in [1.54, 1.807) is 0 Å². The summed E-state index contributed by atoms with van der Waals surface area (Å²) in [5.41, 5.74) is 0. The number of hydrogen-bond donors (Lipinski definition) is 1. The van der Waals surface area contributed by atoms with Gasteiger partial charge in [0.25, 0.3) is 0 Å². The lowest BCUT2D eigenvalue weighted by molar-refractivity contribution is 0.303. The molecule has 90 valence electrons. The molecule has 1 N–H and O–H groups in total. The third kappa shape index (κ3) is 5.01. The van der Waals surface area contributed by atoms with Crippen LogP contribution in [0, 0.1) is 11.8 Å². The molecule has 0 aromatic rings. The molecule has 1 unspecified atom stereocenters. The highest BCUT2D eigenvalue weighted by atomic mass is 14.9. The smallest absolute Gasteiger partial charge is 0.00924 e. The quantitative estimate of drug-likeness (QED) is 0.678. The number of nitrogens with one attached hydrogen (secondary N) is 1. The second-order valence-corrected chi connectivity index (χ2v) is 5.62.